The predicted octanol–water partition coefficient (Wildman–Crippen LogP) is 2.95. The van der Waals surface area contributed by atoms with Crippen LogP contribution in [0.5, 0.6) is 0 Å². The van der Waals surface area contributed by atoms with E-state index < -0.39 is 0 Å². The molecule has 0 aliphatic heterocycles. The highest BCUT2D eigenvalue weighted by Crippen LogP contribution is 2.28. The molecule has 2 aromatic heterocycles. The van der Waals surface area contributed by atoms with Crippen LogP contribution in [-0.4, -0.2) is 21.2 Å². The second kappa shape index (κ2) is 4.67. The van der Waals surface area contributed by atoms with Gasteiger partial charge in [0.25, 0.3) is 5.56 Å². The lowest BCUT2D eigenvalue weighted by Gasteiger charge is -2.04. The van der Waals surface area contributed by atoms with Crippen LogP contribution in [0.2, 0.25) is 10.3 Å². The molecule has 0 aliphatic rings. The highest BCUT2D eigenvalue weighted by atomic mass is 127. The molecule has 0 radical (unpaired) electrons. The van der Waals surface area contributed by atoms with E-state index in [-0.39, 0.29) is 21.3 Å². The van der Waals surface area contributed by atoms with Gasteiger partial charge in [0.2, 0.25) is 0 Å². The molecule has 0 aliphatic carbocycles. The van der Waals surface area contributed by atoms with Crippen LogP contribution in [0.15, 0.2) is 9.95 Å². The van der Waals surface area contributed by atoms with Gasteiger partial charge in [-0.25, -0.2) is 9.97 Å². The average Bonchev–Trinajstić information content (AvgIpc) is 2.24. The van der Waals surface area contributed by atoms with Crippen LogP contribution >= 0.6 is 57.6 Å². The maximum absolute atomic E-state index is 11.8. The summed E-state index contributed by atoms with van der Waals surface area (Å²) in [6.45, 7) is 0. The highest BCUT2D eigenvalue weighted by Gasteiger charge is 2.14. The molecular weight excluding hydrogens is 384 g/mol. The van der Waals surface area contributed by atoms with Crippen LogP contribution in [0.3, 0.4) is 0 Å². The summed E-state index contributed by atoms with van der Waals surface area (Å²) in [5.41, 5.74) is 0.181. The lowest BCUT2D eigenvalue weighted by atomic mass is 10.3. The van der Waals surface area contributed by atoms with E-state index in [1.807, 2.05) is 28.8 Å². The summed E-state index contributed by atoms with van der Waals surface area (Å²) >= 11 is 15.1. The second-order valence-corrected chi connectivity index (χ2v) is 5.40. The van der Waals surface area contributed by atoms with Gasteiger partial charge in [-0.1, -0.05) is 35.0 Å². The number of H-pyrrole nitrogens is 1. The molecule has 0 amide bonds. The highest BCUT2D eigenvalue weighted by molar-refractivity contribution is 14.1. The number of nitrogens with zero attached hydrogens (tertiary/aromatic N) is 2. The van der Waals surface area contributed by atoms with Gasteiger partial charge in [-0.15, -0.1) is 0 Å². The largest absolute Gasteiger partial charge is 0.301 e. The van der Waals surface area contributed by atoms with Gasteiger partial charge in [0.1, 0.15) is 15.7 Å². The average molecular weight is 388 g/mol. The van der Waals surface area contributed by atoms with Crippen molar-refractivity contribution in [1.29, 1.82) is 0 Å². The Morgan fingerprint density at radius 3 is 2.62 bits per heavy atom. The number of thioether (sulfide) groups is 1. The number of aromatic amines is 1. The fourth-order valence-electron chi connectivity index (χ4n) is 1.19. The molecule has 4 nitrogen and oxygen atoms in total. The minimum Gasteiger partial charge on any atom is -0.301 e. The van der Waals surface area contributed by atoms with Crippen LogP contribution in [-0.2, 0) is 0 Å². The number of hydrogen-bond donors (Lipinski definition) is 1. The molecule has 2 heterocycles. The quantitative estimate of drug-likeness (QED) is 0.353. The van der Waals surface area contributed by atoms with E-state index in [4.69, 9.17) is 23.2 Å². The Bertz CT molecular complexity index is 631. The predicted molar refractivity (Wildman–Crippen MR) is 74.7 cm³/mol. The van der Waals surface area contributed by atoms with Gasteiger partial charge in [-0.2, -0.15) is 0 Å². The van der Waals surface area contributed by atoms with Crippen molar-refractivity contribution in [1.82, 2.24) is 15.0 Å². The normalized spacial score (nSPS) is 11.0. The van der Waals surface area contributed by atoms with E-state index in [9.17, 15) is 4.79 Å². The summed E-state index contributed by atoms with van der Waals surface area (Å²) in [4.78, 5) is 22.5. The van der Waals surface area contributed by atoms with Gasteiger partial charge in [0.05, 0.1) is 9.09 Å². The lowest BCUT2D eigenvalue weighted by Crippen LogP contribution is -2.11. The van der Waals surface area contributed by atoms with Gasteiger partial charge < -0.3 is 4.98 Å². The summed E-state index contributed by atoms with van der Waals surface area (Å²) in [6, 6.07) is 0. The van der Waals surface area contributed by atoms with Crippen molar-refractivity contribution in [3.05, 3.63) is 24.2 Å². The standard InChI is InChI=1S/C8H4Cl2IN3OS/c1-16-8-12-4-2(7(15)14-8)5(9)13-6(10)3(4)11/h1H3,(H,12,14,15). The molecule has 16 heavy (non-hydrogen) atoms. The van der Waals surface area contributed by atoms with Gasteiger partial charge in [-0.05, 0) is 28.8 Å². The third kappa shape index (κ3) is 2.03. The van der Waals surface area contributed by atoms with Gasteiger partial charge >= 0.3 is 0 Å². The van der Waals surface area contributed by atoms with Crippen LogP contribution < -0.4 is 5.56 Å². The molecule has 0 saturated carbocycles. The third-order valence-corrected chi connectivity index (χ3v) is 4.35. The van der Waals surface area contributed by atoms with Gasteiger partial charge in [0.15, 0.2) is 5.16 Å². The summed E-state index contributed by atoms with van der Waals surface area (Å²) in [5.74, 6) is 0. The van der Waals surface area contributed by atoms with Crippen LogP contribution in [0.4, 0.5) is 0 Å². The Balaban J connectivity index is 3.00. The van der Waals surface area contributed by atoms with Crippen molar-refractivity contribution >= 4 is 68.5 Å². The molecule has 0 bridgehead atoms. The fraction of sp³-hybridized carbons (Fsp3) is 0.125. The second-order valence-electron chi connectivity index (χ2n) is 2.81. The zero-order chi connectivity index (χ0) is 11.9. The molecule has 1 N–H and O–H groups in total. The van der Waals surface area contributed by atoms with E-state index in [1.54, 1.807) is 0 Å². The third-order valence-electron chi connectivity index (χ3n) is 1.88. The van der Waals surface area contributed by atoms with Crippen LogP contribution in [0.25, 0.3) is 10.9 Å². The number of fused-ring (bicyclic) bond motifs is 1. The van der Waals surface area contributed by atoms with Gasteiger partial charge in [-0.3, -0.25) is 4.79 Å². The molecule has 0 atom stereocenters. The first-order chi connectivity index (χ1) is 7.54. The Hall–Kier alpha value is -0.0500. The molecule has 2 aromatic rings. The molecule has 0 spiro atoms. The Morgan fingerprint density at radius 1 is 1.31 bits per heavy atom. The Kier molecular flexibility index (Phi) is 3.62. The zero-order valence-electron chi connectivity index (χ0n) is 7.84. The van der Waals surface area contributed by atoms with Crippen molar-refractivity contribution in [3.8, 4) is 0 Å². The van der Waals surface area contributed by atoms with E-state index in [0.29, 0.717) is 14.2 Å². The molecule has 0 saturated heterocycles. The zero-order valence-corrected chi connectivity index (χ0v) is 12.3. The fourth-order valence-corrected chi connectivity index (χ4v) is 2.55. The van der Waals surface area contributed by atoms with Crippen molar-refractivity contribution in [2.45, 2.75) is 5.16 Å². The van der Waals surface area contributed by atoms with Crippen molar-refractivity contribution in [2.24, 2.45) is 0 Å². The SMILES string of the molecule is CSc1nc2c(I)c(Cl)nc(Cl)c2c(=O)[nH]1. The van der Waals surface area contributed by atoms with E-state index >= 15 is 0 Å². The maximum atomic E-state index is 11.8. The number of aromatic nitrogens is 3. The number of nitrogens with one attached hydrogen (secondary N) is 1. The monoisotopic (exact) mass is 387 g/mol. The summed E-state index contributed by atoms with van der Waals surface area (Å²) in [6.07, 6.45) is 1.82. The van der Waals surface area contributed by atoms with Crippen LogP contribution in [0, 0.1) is 3.57 Å². The number of hydrogen-bond acceptors (Lipinski definition) is 4. The molecule has 0 unspecified atom stereocenters. The number of halogens is 3. The van der Waals surface area contributed by atoms with Gasteiger partial charge in [0, 0.05) is 0 Å². The summed E-state index contributed by atoms with van der Waals surface area (Å²) in [5, 5.41) is 1.12. The molecule has 8 heteroatoms. The van der Waals surface area contributed by atoms with E-state index in [1.165, 1.54) is 11.8 Å². The molecule has 84 valence electrons. The van der Waals surface area contributed by atoms with Crippen LogP contribution in [0.1, 0.15) is 0 Å². The molecule has 2 rings (SSSR count). The Labute approximate surface area is 118 Å². The van der Waals surface area contributed by atoms with E-state index in [2.05, 4.69) is 15.0 Å². The van der Waals surface area contributed by atoms with Crippen molar-refractivity contribution in [2.75, 3.05) is 6.26 Å². The minimum absolute atomic E-state index is 0.0711. The first kappa shape index (κ1) is 12.4. The first-order valence-corrected chi connectivity index (χ1v) is 7.09. The summed E-state index contributed by atoms with van der Waals surface area (Å²) < 4.78 is 0.625. The Morgan fingerprint density at radius 2 is 2.00 bits per heavy atom. The molecule has 0 fully saturated rings. The first-order valence-electron chi connectivity index (χ1n) is 4.03. The topological polar surface area (TPSA) is 58.6 Å². The minimum atomic E-state index is -0.304. The van der Waals surface area contributed by atoms with Crippen molar-refractivity contribution in [3.63, 3.8) is 0 Å². The smallest absolute Gasteiger partial charge is 0.262 e. The lowest BCUT2D eigenvalue weighted by molar-refractivity contribution is 0.973. The maximum Gasteiger partial charge on any atom is 0.262 e. The van der Waals surface area contributed by atoms with Crippen molar-refractivity contribution < 1.29 is 0 Å². The summed E-state index contributed by atoms with van der Waals surface area (Å²) in [7, 11) is 0. The molecular formula is C8H4Cl2IN3OS. The van der Waals surface area contributed by atoms with E-state index in [0.717, 1.165) is 0 Å². The number of rotatable bonds is 1. The molecule has 0 aromatic carbocycles. The number of pyridine rings is 1.